The van der Waals surface area contributed by atoms with Crippen molar-refractivity contribution in [1.82, 2.24) is 9.97 Å². The van der Waals surface area contributed by atoms with Crippen molar-refractivity contribution in [1.29, 1.82) is 0 Å². The van der Waals surface area contributed by atoms with E-state index in [1.807, 2.05) is 6.20 Å². The fraction of sp³-hybridized carbons (Fsp3) is 0.727. The van der Waals surface area contributed by atoms with Crippen molar-refractivity contribution in [3.8, 4) is 0 Å². The van der Waals surface area contributed by atoms with Gasteiger partial charge in [0.15, 0.2) is 0 Å². The summed E-state index contributed by atoms with van der Waals surface area (Å²) in [6.07, 6.45) is 8.89. The molecule has 0 saturated carbocycles. The molecule has 0 spiro atoms. The summed E-state index contributed by atoms with van der Waals surface area (Å²) >= 11 is 6.43. The topological polar surface area (TPSA) is 37.9 Å². The molecule has 0 aromatic carbocycles. The first-order valence-electron chi connectivity index (χ1n) is 5.60. The third kappa shape index (κ3) is 1.79. The summed E-state index contributed by atoms with van der Waals surface area (Å²) in [7, 11) is 0. The number of hydrogen-bond donors (Lipinski definition) is 1. The van der Waals surface area contributed by atoms with E-state index < -0.39 is 0 Å². The van der Waals surface area contributed by atoms with Crippen molar-refractivity contribution in [2.24, 2.45) is 5.92 Å². The van der Waals surface area contributed by atoms with E-state index >= 15 is 0 Å². The van der Waals surface area contributed by atoms with Gasteiger partial charge in [-0.2, -0.15) is 0 Å². The van der Waals surface area contributed by atoms with Crippen molar-refractivity contribution in [2.45, 2.75) is 43.3 Å². The normalized spacial score (nSPS) is 35.9. The van der Waals surface area contributed by atoms with Crippen LogP contribution < -0.4 is 0 Å². The van der Waals surface area contributed by atoms with Gasteiger partial charge in [-0.05, 0) is 19.3 Å². The number of aromatic amines is 1. The Kier molecular flexibility index (Phi) is 2.45. The predicted octanol–water partition coefficient (Wildman–Crippen LogP) is 2.13. The minimum Gasteiger partial charge on any atom is -0.375 e. The molecule has 3 nitrogen and oxygen atoms in total. The zero-order valence-electron chi connectivity index (χ0n) is 8.53. The molecule has 1 aromatic rings. The number of halogens is 1. The lowest BCUT2D eigenvalue weighted by Gasteiger charge is -2.22. The van der Waals surface area contributed by atoms with E-state index in [1.165, 1.54) is 12.8 Å². The van der Waals surface area contributed by atoms with Crippen LogP contribution in [0.2, 0.25) is 0 Å². The molecule has 3 heterocycles. The van der Waals surface area contributed by atoms with Gasteiger partial charge in [-0.1, -0.05) is 0 Å². The third-order valence-corrected chi connectivity index (χ3v) is 4.04. The van der Waals surface area contributed by atoms with Gasteiger partial charge >= 0.3 is 0 Å². The largest absolute Gasteiger partial charge is 0.375 e. The SMILES string of the molecule is ClC(Cc1ncc[nH]1)C1CC2CCC1O2. The summed E-state index contributed by atoms with van der Waals surface area (Å²) in [5.41, 5.74) is 0. The Bertz CT molecular complexity index is 327. The van der Waals surface area contributed by atoms with Crippen molar-refractivity contribution < 1.29 is 4.74 Å². The molecular weight excluding hydrogens is 212 g/mol. The van der Waals surface area contributed by atoms with Gasteiger partial charge in [0.05, 0.1) is 12.2 Å². The molecule has 2 aliphatic heterocycles. The first-order chi connectivity index (χ1) is 7.33. The molecule has 0 aliphatic carbocycles. The molecule has 1 N–H and O–H groups in total. The zero-order chi connectivity index (χ0) is 10.3. The van der Waals surface area contributed by atoms with Crippen LogP contribution in [0, 0.1) is 5.92 Å². The van der Waals surface area contributed by atoms with E-state index in [-0.39, 0.29) is 5.38 Å². The Morgan fingerprint density at radius 3 is 3.13 bits per heavy atom. The average Bonchev–Trinajstić information content (AvgIpc) is 2.93. The number of hydrogen-bond acceptors (Lipinski definition) is 2. The number of nitrogens with zero attached hydrogens (tertiary/aromatic N) is 1. The maximum atomic E-state index is 6.43. The molecule has 3 rings (SSSR count). The molecule has 4 atom stereocenters. The number of aromatic nitrogens is 2. The van der Waals surface area contributed by atoms with Gasteiger partial charge in [-0.3, -0.25) is 0 Å². The molecule has 1 aromatic heterocycles. The van der Waals surface area contributed by atoms with Crippen LogP contribution in [-0.2, 0) is 11.2 Å². The molecular formula is C11H15ClN2O. The van der Waals surface area contributed by atoms with Crippen molar-refractivity contribution in [3.05, 3.63) is 18.2 Å². The summed E-state index contributed by atoms with van der Waals surface area (Å²) in [5.74, 6) is 1.51. The van der Waals surface area contributed by atoms with Gasteiger partial charge in [0.25, 0.3) is 0 Å². The van der Waals surface area contributed by atoms with E-state index in [1.54, 1.807) is 6.20 Å². The van der Waals surface area contributed by atoms with Gasteiger partial charge in [0.1, 0.15) is 5.82 Å². The van der Waals surface area contributed by atoms with Gasteiger partial charge in [-0.15, -0.1) is 11.6 Å². The lowest BCUT2D eigenvalue weighted by molar-refractivity contribution is 0.0918. The number of H-pyrrole nitrogens is 1. The Labute approximate surface area is 94.2 Å². The van der Waals surface area contributed by atoms with Crippen molar-refractivity contribution in [3.63, 3.8) is 0 Å². The first-order valence-corrected chi connectivity index (χ1v) is 6.04. The fourth-order valence-corrected chi connectivity index (χ4v) is 3.21. The van der Waals surface area contributed by atoms with Crippen LogP contribution in [0.4, 0.5) is 0 Å². The number of alkyl halides is 1. The molecule has 82 valence electrons. The lowest BCUT2D eigenvalue weighted by atomic mass is 9.85. The number of rotatable bonds is 3. The maximum absolute atomic E-state index is 6.43. The summed E-state index contributed by atoms with van der Waals surface area (Å²) < 4.78 is 5.81. The number of fused-ring (bicyclic) bond motifs is 2. The molecule has 2 bridgehead atoms. The van der Waals surface area contributed by atoms with Crippen LogP contribution in [0.15, 0.2) is 12.4 Å². The van der Waals surface area contributed by atoms with E-state index in [0.29, 0.717) is 18.1 Å². The highest BCUT2D eigenvalue weighted by Gasteiger charge is 2.43. The third-order valence-electron chi connectivity index (χ3n) is 3.56. The number of ether oxygens (including phenoxy) is 1. The van der Waals surface area contributed by atoms with E-state index in [9.17, 15) is 0 Å². The molecule has 15 heavy (non-hydrogen) atoms. The molecule has 0 radical (unpaired) electrons. The van der Waals surface area contributed by atoms with E-state index in [0.717, 1.165) is 18.7 Å². The second-order valence-electron chi connectivity index (χ2n) is 4.53. The van der Waals surface area contributed by atoms with Crippen LogP contribution in [0.1, 0.15) is 25.1 Å². The molecule has 4 heteroatoms. The minimum absolute atomic E-state index is 0.159. The number of nitrogens with one attached hydrogen (secondary N) is 1. The molecule has 2 fully saturated rings. The van der Waals surface area contributed by atoms with Crippen LogP contribution >= 0.6 is 11.6 Å². The molecule has 2 saturated heterocycles. The Hall–Kier alpha value is -0.540. The lowest BCUT2D eigenvalue weighted by Crippen LogP contribution is -2.27. The first kappa shape index (κ1) is 9.67. The molecule has 0 amide bonds. The summed E-state index contributed by atoms with van der Waals surface area (Å²) in [6.45, 7) is 0. The Morgan fingerprint density at radius 2 is 2.53 bits per heavy atom. The van der Waals surface area contributed by atoms with Crippen molar-refractivity contribution >= 4 is 11.6 Å². The maximum Gasteiger partial charge on any atom is 0.107 e. The minimum atomic E-state index is 0.159. The monoisotopic (exact) mass is 226 g/mol. The Balaban J connectivity index is 1.63. The standard InChI is InChI=1S/C11H15ClN2O/c12-9(6-11-13-3-4-14-11)8-5-7-1-2-10(8)15-7/h3-4,7-10H,1-2,5-6H2,(H,13,14). The molecule has 2 aliphatic rings. The van der Waals surface area contributed by atoms with E-state index in [4.69, 9.17) is 16.3 Å². The molecule has 4 unspecified atom stereocenters. The van der Waals surface area contributed by atoms with Crippen LogP contribution in [0.3, 0.4) is 0 Å². The average molecular weight is 227 g/mol. The number of imidazole rings is 1. The van der Waals surface area contributed by atoms with Gasteiger partial charge in [0.2, 0.25) is 0 Å². The second kappa shape index (κ2) is 3.80. The van der Waals surface area contributed by atoms with Gasteiger partial charge < -0.3 is 9.72 Å². The quantitative estimate of drug-likeness (QED) is 0.802. The highest BCUT2D eigenvalue weighted by Crippen LogP contribution is 2.42. The highest BCUT2D eigenvalue weighted by atomic mass is 35.5. The van der Waals surface area contributed by atoms with Crippen LogP contribution in [0.25, 0.3) is 0 Å². The summed E-state index contributed by atoms with van der Waals surface area (Å²) in [4.78, 5) is 7.31. The summed E-state index contributed by atoms with van der Waals surface area (Å²) in [6, 6.07) is 0. The summed E-state index contributed by atoms with van der Waals surface area (Å²) in [5, 5.41) is 0.159. The second-order valence-corrected chi connectivity index (χ2v) is 5.09. The van der Waals surface area contributed by atoms with Crippen LogP contribution in [0.5, 0.6) is 0 Å². The fourth-order valence-electron chi connectivity index (χ4n) is 2.80. The van der Waals surface area contributed by atoms with Gasteiger partial charge in [0, 0.05) is 30.1 Å². The van der Waals surface area contributed by atoms with Crippen molar-refractivity contribution in [2.75, 3.05) is 0 Å². The van der Waals surface area contributed by atoms with Gasteiger partial charge in [-0.25, -0.2) is 4.98 Å². The van der Waals surface area contributed by atoms with E-state index in [2.05, 4.69) is 9.97 Å². The Morgan fingerprint density at radius 1 is 1.60 bits per heavy atom. The van der Waals surface area contributed by atoms with Crippen LogP contribution in [-0.4, -0.2) is 27.6 Å². The predicted molar refractivity (Wildman–Crippen MR) is 57.9 cm³/mol. The smallest absolute Gasteiger partial charge is 0.107 e. The zero-order valence-corrected chi connectivity index (χ0v) is 9.28. The highest BCUT2D eigenvalue weighted by molar-refractivity contribution is 6.21.